The van der Waals surface area contributed by atoms with Gasteiger partial charge in [0.1, 0.15) is 5.75 Å². The molecule has 0 radical (unpaired) electrons. The van der Waals surface area contributed by atoms with Crippen molar-refractivity contribution in [2.45, 2.75) is 13.5 Å². The highest BCUT2D eigenvalue weighted by Crippen LogP contribution is 2.22. The van der Waals surface area contributed by atoms with E-state index in [1.807, 2.05) is 6.92 Å². The molecule has 0 N–H and O–H groups in total. The molecule has 6 heteroatoms. The van der Waals surface area contributed by atoms with Gasteiger partial charge >= 0.3 is 17.8 Å². The predicted octanol–water partition coefficient (Wildman–Crippen LogP) is 1.01. The van der Waals surface area contributed by atoms with Gasteiger partial charge in [-0.05, 0) is 13.0 Å². The smallest absolute Gasteiger partial charge is 0.334 e. The second kappa shape index (κ2) is 5.09. The van der Waals surface area contributed by atoms with E-state index < -0.39 is 17.8 Å². The van der Waals surface area contributed by atoms with E-state index in [1.54, 1.807) is 24.3 Å². The molecule has 1 heterocycles. The van der Waals surface area contributed by atoms with Crippen LogP contribution >= 0.6 is 0 Å². The van der Waals surface area contributed by atoms with Crippen molar-refractivity contribution in [2.24, 2.45) is 0 Å². The largest absolute Gasteiger partial charge is 0.494 e. The molecule has 100 valence electrons. The standard InChI is InChI=1S/C13H14N2O4/c1-3-19-10-7-5-4-6-9(10)8-15-12(17)11(16)14(2)13(15)18/h4-7H,3,8H2,1-2H3. The Morgan fingerprint density at radius 3 is 2.37 bits per heavy atom. The van der Waals surface area contributed by atoms with Crippen molar-refractivity contribution in [1.29, 1.82) is 0 Å². The van der Waals surface area contributed by atoms with Crippen molar-refractivity contribution in [3.63, 3.8) is 0 Å². The Morgan fingerprint density at radius 2 is 1.79 bits per heavy atom. The highest BCUT2D eigenvalue weighted by molar-refractivity contribution is 6.44. The topological polar surface area (TPSA) is 66.9 Å². The quantitative estimate of drug-likeness (QED) is 0.600. The fraction of sp³-hybridized carbons (Fsp3) is 0.308. The van der Waals surface area contributed by atoms with Gasteiger partial charge in [-0.15, -0.1) is 0 Å². The maximum absolute atomic E-state index is 11.8. The van der Waals surface area contributed by atoms with E-state index in [0.717, 1.165) is 9.80 Å². The van der Waals surface area contributed by atoms with Gasteiger partial charge in [0.05, 0.1) is 13.2 Å². The maximum atomic E-state index is 11.8. The fourth-order valence-electron chi connectivity index (χ4n) is 1.85. The summed E-state index contributed by atoms with van der Waals surface area (Å²) in [7, 11) is 1.29. The summed E-state index contributed by atoms with van der Waals surface area (Å²) < 4.78 is 5.42. The average molecular weight is 262 g/mol. The third kappa shape index (κ3) is 2.29. The summed E-state index contributed by atoms with van der Waals surface area (Å²) in [4.78, 5) is 36.6. The lowest BCUT2D eigenvalue weighted by molar-refractivity contribution is -0.143. The molecule has 0 spiro atoms. The van der Waals surface area contributed by atoms with E-state index in [-0.39, 0.29) is 6.54 Å². The molecule has 19 heavy (non-hydrogen) atoms. The molecule has 0 saturated carbocycles. The van der Waals surface area contributed by atoms with E-state index in [0.29, 0.717) is 17.9 Å². The Balaban J connectivity index is 2.24. The number of nitrogens with zero attached hydrogens (tertiary/aromatic N) is 2. The summed E-state index contributed by atoms with van der Waals surface area (Å²) in [6.07, 6.45) is 0. The molecule has 1 aromatic rings. The molecule has 1 fully saturated rings. The molecule has 0 unspecified atom stereocenters. The van der Waals surface area contributed by atoms with Crippen LogP contribution in [0.25, 0.3) is 0 Å². The molecular formula is C13H14N2O4. The lowest BCUT2D eigenvalue weighted by Crippen LogP contribution is -2.31. The Kier molecular flexibility index (Phi) is 3.50. The van der Waals surface area contributed by atoms with Gasteiger partial charge in [0, 0.05) is 12.6 Å². The molecule has 0 aromatic heterocycles. The van der Waals surface area contributed by atoms with Crippen LogP contribution in [0, 0.1) is 0 Å². The monoisotopic (exact) mass is 262 g/mol. The Labute approximate surface area is 110 Å². The summed E-state index contributed by atoms with van der Waals surface area (Å²) in [6.45, 7) is 2.36. The van der Waals surface area contributed by atoms with Gasteiger partial charge < -0.3 is 4.74 Å². The van der Waals surface area contributed by atoms with Crippen molar-refractivity contribution in [3.8, 4) is 5.75 Å². The maximum Gasteiger partial charge on any atom is 0.334 e. The van der Waals surface area contributed by atoms with Gasteiger partial charge in [-0.3, -0.25) is 19.4 Å². The molecule has 0 aliphatic carbocycles. The zero-order valence-corrected chi connectivity index (χ0v) is 10.8. The van der Waals surface area contributed by atoms with E-state index in [1.165, 1.54) is 7.05 Å². The van der Waals surface area contributed by atoms with Gasteiger partial charge in [0.15, 0.2) is 0 Å². The number of benzene rings is 1. The van der Waals surface area contributed by atoms with Gasteiger partial charge in [-0.2, -0.15) is 0 Å². The number of hydrogen-bond acceptors (Lipinski definition) is 4. The molecule has 1 aliphatic rings. The summed E-state index contributed by atoms with van der Waals surface area (Å²) in [5, 5.41) is 0. The van der Waals surface area contributed by atoms with Gasteiger partial charge in [0.2, 0.25) is 0 Å². The van der Waals surface area contributed by atoms with E-state index in [2.05, 4.69) is 0 Å². The van der Waals surface area contributed by atoms with Gasteiger partial charge in [0.25, 0.3) is 0 Å². The first-order valence-electron chi connectivity index (χ1n) is 5.90. The van der Waals surface area contributed by atoms with Gasteiger partial charge in [-0.25, -0.2) is 4.79 Å². The molecule has 6 nitrogen and oxygen atoms in total. The molecule has 2 rings (SSSR count). The fourth-order valence-corrected chi connectivity index (χ4v) is 1.85. The second-order valence-electron chi connectivity index (χ2n) is 4.08. The number of rotatable bonds is 4. The third-order valence-electron chi connectivity index (χ3n) is 2.85. The molecule has 0 atom stereocenters. The van der Waals surface area contributed by atoms with Crippen molar-refractivity contribution in [3.05, 3.63) is 29.8 Å². The molecule has 0 bridgehead atoms. The van der Waals surface area contributed by atoms with Crippen LogP contribution in [0.15, 0.2) is 24.3 Å². The van der Waals surface area contributed by atoms with Crippen molar-refractivity contribution < 1.29 is 19.1 Å². The number of urea groups is 1. The normalized spacial score (nSPS) is 15.4. The summed E-state index contributed by atoms with van der Waals surface area (Å²) in [5.74, 6) is -1.01. The molecular weight excluding hydrogens is 248 g/mol. The zero-order valence-electron chi connectivity index (χ0n) is 10.8. The van der Waals surface area contributed by atoms with Crippen LogP contribution in [0.2, 0.25) is 0 Å². The van der Waals surface area contributed by atoms with Crippen molar-refractivity contribution >= 4 is 17.8 Å². The number of carbonyl (C=O) groups is 3. The van der Waals surface area contributed by atoms with E-state index in [9.17, 15) is 14.4 Å². The molecule has 1 aliphatic heterocycles. The van der Waals surface area contributed by atoms with Crippen molar-refractivity contribution in [1.82, 2.24) is 9.80 Å². The molecule has 1 aromatic carbocycles. The summed E-state index contributed by atoms with van der Waals surface area (Å²) in [5.41, 5.74) is 0.689. The minimum absolute atomic E-state index is 0.0317. The van der Waals surface area contributed by atoms with Crippen LogP contribution in [0.5, 0.6) is 5.75 Å². The number of imide groups is 2. The number of ether oxygens (including phenoxy) is 1. The summed E-state index contributed by atoms with van der Waals surface area (Å²) >= 11 is 0. The van der Waals surface area contributed by atoms with E-state index in [4.69, 9.17) is 4.74 Å². The highest BCUT2D eigenvalue weighted by Gasteiger charge is 2.42. The lowest BCUT2D eigenvalue weighted by Gasteiger charge is -2.15. The van der Waals surface area contributed by atoms with Crippen LogP contribution in [-0.2, 0) is 16.1 Å². The minimum atomic E-state index is -0.807. The number of para-hydroxylation sites is 1. The van der Waals surface area contributed by atoms with Gasteiger partial charge in [-0.1, -0.05) is 18.2 Å². The van der Waals surface area contributed by atoms with E-state index >= 15 is 0 Å². The average Bonchev–Trinajstić information content (AvgIpc) is 2.59. The Hall–Kier alpha value is -2.37. The lowest BCUT2D eigenvalue weighted by atomic mass is 10.2. The first-order chi connectivity index (χ1) is 9.06. The zero-order chi connectivity index (χ0) is 14.0. The number of amides is 4. The number of hydrogen-bond donors (Lipinski definition) is 0. The van der Waals surface area contributed by atoms with Crippen LogP contribution in [-0.4, -0.2) is 41.3 Å². The van der Waals surface area contributed by atoms with Crippen LogP contribution in [0.3, 0.4) is 0 Å². The Morgan fingerprint density at radius 1 is 1.11 bits per heavy atom. The predicted molar refractivity (Wildman–Crippen MR) is 66.3 cm³/mol. The number of likely N-dealkylation sites (N-methyl/N-ethyl adjacent to an activating group) is 1. The van der Waals surface area contributed by atoms with Crippen LogP contribution < -0.4 is 4.74 Å². The van der Waals surface area contributed by atoms with Crippen LogP contribution in [0.1, 0.15) is 12.5 Å². The second-order valence-corrected chi connectivity index (χ2v) is 4.08. The third-order valence-corrected chi connectivity index (χ3v) is 2.85. The number of carbonyl (C=O) groups excluding carboxylic acids is 3. The Bertz CT molecular complexity index is 541. The first kappa shape index (κ1) is 13.1. The minimum Gasteiger partial charge on any atom is -0.494 e. The van der Waals surface area contributed by atoms with Crippen LogP contribution in [0.4, 0.5) is 4.79 Å². The SMILES string of the molecule is CCOc1ccccc1CN1C(=O)C(=O)N(C)C1=O. The first-order valence-corrected chi connectivity index (χ1v) is 5.90. The molecule has 4 amide bonds. The highest BCUT2D eigenvalue weighted by atomic mass is 16.5. The molecule has 1 saturated heterocycles. The summed E-state index contributed by atoms with van der Waals surface area (Å²) in [6, 6.07) is 6.50. The van der Waals surface area contributed by atoms with Crippen molar-refractivity contribution in [2.75, 3.05) is 13.7 Å².